The molecule has 3 aromatic rings. The fraction of sp³-hybridized carbons (Fsp3) is 0.167. The van der Waals surface area contributed by atoms with Gasteiger partial charge in [-0.3, -0.25) is 19.5 Å². The molecule has 0 saturated carbocycles. The van der Waals surface area contributed by atoms with Gasteiger partial charge >= 0.3 is 0 Å². The smallest absolute Gasteiger partial charge is 0.273 e. The molecular formula is C18H15F2N3O3. The van der Waals surface area contributed by atoms with Crippen LogP contribution in [0.5, 0.6) is 0 Å². The highest BCUT2D eigenvalue weighted by atomic mass is 19.1. The normalized spacial score (nSPS) is 10.9. The molecule has 0 aliphatic heterocycles. The summed E-state index contributed by atoms with van der Waals surface area (Å²) >= 11 is 0. The Bertz CT molecular complexity index is 1100. The highest BCUT2D eigenvalue weighted by Gasteiger charge is 2.15. The molecule has 26 heavy (non-hydrogen) atoms. The summed E-state index contributed by atoms with van der Waals surface area (Å²) in [6.07, 6.45) is 0. The average molecular weight is 359 g/mol. The van der Waals surface area contributed by atoms with Crippen LogP contribution in [0.1, 0.15) is 5.56 Å². The third-order valence-corrected chi connectivity index (χ3v) is 4.03. The Hall–Kier alpha value is -3.29. The largest absolute Gasteiger partial charge is 0.340 e. The molecule has 1 aromatic heterocycles. The lowest BCUT2D eigenvalue weighted by molar-refractivity contribution is -0.131. The quantitative estimate of drug-likeness (QED) is 0.769. The SMILES string of the molecule is CN(Cc1ccc(F)cc1F)C(=O)Cn1[nH]c(=O)c2ccccc2c1=O. The van der Waals surface area contributed by atoms with Crippen LogP contribution >= 0.6 is 0 Å². The Morgan fingerprint density at radius 2 is 1.81 bits per heavy atom. The van der Waals surface area contributed by atoms with Crippen molar-refractivity contribution in [1.82, 2.24) is 14.7 Å². The average Bonchev–Trinajstić information content (AvgIpc) is 2.61. The van der Waals surface area contributed by atoms with Crippen molar-refractivity contribution in [2.75, 3.05) is 7.05 Å². The van der Waals surface area contributed by atoms with Crippen molar-refractivity contribution in [1.29, 1.82) is 0 Å². The molecule has 0 saturated heterocycles. The molecule has 134 valence electrons. The van der Waals surface area contributed by atoms with E-state index in [4.69, 9.17) is 0 Å². The molecule has 0 bridgehead atoms. The van der Waals surface area contributed by atoms with Gasteiger partial charge in [-0.25, -0.2) is 13.5 Å². The summed E-state index contributed by atoms with van der Waals surface area (Å²) in [7, 11) is 1.43. The van der Waals surface area contributed by atoms with Crippen molar-refractivity contribution in [2.24, 2.45) is 0 Å². The third-order valence-electron chi connectivity index (χ3n) is 4.03. The zero-order chi connectivity index (χ0) is 18.8. The number of nitrogens with one attached hydrogen (secondary N) is 1. The fourth-order valence-electron chi connectivity index (χ4n) is 2.61. The van der Waals surface area contributed by atoms with Gasteiger partial charge in [0.1, 0.15) is 18.2 Å². The third kappa shape index (κ3) is 3.39. The number of carbonyl (C=O) groups excluding carboxylic acids is 1. The van der Waals surface area contributed by atoms with E-state index in [0.717, 1.165) is 16.8 Å². The molecule has 0 aliphatic carbocycles. The van der Waals surface area contributed by atoms with Gasteiger partial charge < -0.3 is 4.90 Å². The van der Waals surface area contributed by atoms with E-state index in [1.54, 1.807) is 12.1 Å². The van der Waals surface area contributed by atoms with Crippen LogP contribution in [0.4, 0.5) is 8.78 Å². The molecule has 6 nitrogen and oxygen atoms in total. The molecule has 8 heteroatoms. The first-order valence-corrected chi connectivity index (χ1v) is 7.76. The predicted molar refractivity (Wildman–Crippen MR) is 91.7 cm³/mol. The standard InChI is InChI=1S/C18H15F2N3O3/c1-22(9-11-6-7-12(19)8-15(11)20)16(24)10-23-18(26)14-5-3-2-4-13(14)17(25)21-23/h2-8H,9-10H2,1H3,(H,21,25). The highest BCUT2D eigenvalue weighted by molar-refractivity contribution is 5.81. The number of benzene rings is 2. The summed E-state index contributed by atoms with van der Waals surface area (Å²) in [5, 5.41) is 2.81. The van der Waals surface area contributed by atoms with Gasteiger partial charge in [-0.05, 0) is 18.2 Å². The van der Waals surface area contributed by atoms with Crippen molar-refractivity contribution >= 4 is 16.7 Å². The number of H-pyrrole nitrogens is 1. The van der Waals surface area contributed by atoms with E-state index in [9.17, 15) is 23.2 Å². The van der Waals surface area contributed by atoms with Crippen LogP contribution in [0, 0.1) is 11.6 Å². The number of carbonyl (C=O) groups is 1. The minimum atomic E-state index is -0.763. The van der Waals surface area contributed by atoms with Crippen LogP contribution in [0.3, 0.4) is 0 Å². The summed E-state index contributed by atoms with van der Waals surface area (Å²) < 4.78 is 27.6. The second-order valence-corrected chi connectivity index (χ2v) is 5.86. The Balaban J connectivity index is 1.83. The molecule has 0 atom stereocenters. The summed E-state index contributed by atoms with van der Waals surface area (Å²) in [5.74, 6) is -1.98. The van der Waals surface area contributed by atoms with E-state index in [-0.39, 0.29) is 22.9 Å². The van der Waals surface area contributed by atoms with E-state index >= 15 is 0 Å². The number of rotatable bonds is 4. The highest BCUT2D eigenvalue weighted by Crippen LogP contribution is 2.11. The van der Waals surface area contributed by atoms with Crippen molar-refractivity contribution in [3.8, 4) is 0 Å². The van der Waals surface area contributed by atoms with Crippen molar-refractivity contribution in [3.05, 3.63) is 80.4 Å². The maximum Gasteiger partial charge on any atom is 0.273 e. The maximum absolute atomic E-state index is 13.7. The second kappa shape index (κ2) is 6.91. The Morgan fingerprint density at radius 3 is 2.50 bits per heavy atom. The minimum absolute atomic E-state index is 0.0997. The van der Waals surface area contributed by atoms with Gasteiger partial charge in [-0.2, -0.15) is 0 Å². The molecule has 0 radical (unpaired) electrons. The summed E-state index contributed by atoms with van der Waals surface area (Å²) in [4.78, 5) is 38.0. The molecule has 3 rings (SSSR count). The number of halogens is 2. The van der Waals surface area contributed by atoms with E-state index in [2.05, 4.69) is 5.10 Å². The zero-order valence-corrected chi connectivity index (χ0v) is 13.8. The van der Waals surface area contributed by atoms with Crippen LogP contribution in [-0.2, 0) is 17.9 Å². The topological polar surface area (TPSA) is 75.2 Å². The van der Waals surface area contributed by atoms with Crippen molar-refractivity contribution in [3.63, 3.8) is 0 Å². The molecule has 0 spiro atoms. The molecule has 0 fully saturated rings. The van der Waals surface area contributed by atoms with E-state index in [1.807, 2.05) is 0 Å². The van der Waals surface area contributed by atoms with Gasteiger partial charge in [-0.1, -0.05) is 18.2 Å². The van der Waals surface area contributed by atoms with E-state index in [0.29, 0.717) is 0 Å². The van der Waals surface area contributed by atoms with Crippen LogP contribution in [0.2, 0.25) is 0 Å². The Morgan fingerprint density at radius 1 is 1.12 bits per heavy atom. The fourth-order valence-corrected chi connectivity index (χ4v) is 2.61. The number of aromatic nitrogens is 2. The lowest BCUT2D eigenvalue weighted by atomic mass is 10.2. The van der Waals surface area contributed by atoms with Gasteiger partial charge in [0.2, 0.25) is 5.91 Å². The summed E-state index contributed by atoms with van der Waals surface area (Å²) in [6, 6.07) is 9.37. The summed E-state index contributed by atoms with van der Waals surface area (Å²) in [6.45, 7) is -0.504. The van der Waals surface area contributed by atoms with Crippen LogP contribution in [-0.4, -0.2) is 27.6 Å². The number of aromatic amines is 1. The number of likely N-dealkylation sites (N-methyl/N-ethyl adjacent to an activating group) is 1. The van der Waals surface area contributed by atoms with E-state index in [1.165, 1.54) is 30.1 Å². The number of hydrogen-bond donors (Lipinski definition) is 1. The molecule has 1 amide bonds. The van der Waals surface area contributed by atoms with Gasteiger partial charge in [0.25, 0.3) is 11.1 Å². The number of nitrogens with zero attached hydrogens (tertiary/aromatic N) is 2. The van der Waals surface area contributed by atoms with E-state index < -0.39 is 35.2 Å². The molecule has 1 N–H and O–H groups in total. The van der Waals surface area contributed by atoms with Crippen molar-refractivity contribution in [2.45, 2.75) is 13.1 Å². The second-order valence-electron chi connectivity index (χ2n) is 5.86. The Kier molecular flexibility index (Phi) is 4.66. The monoisotopic (exact) mass is 359 g/mol. The lowest BCUT2D eigenvalue weighted by Crippen LogP contribution is -2.37. The van der Waals surface area contributed by atoms with Gasteiger partial charge in [0, 0.05) is 25.2 Å². The van der Waals surface area contributed by atoms with Crippen LogP contribution in [0.25, 0.3) is 10.8 Å². The molecule has 2 aromatic carbocycles. The van der Waals surface area contributed by atoms with Gasteiger partial charge in [0.15, 0.2) is 0 Å². The minimum Gasteiger partial charge on any atom is -0.340 e. The molecule has 0 unspecified atom stereocenters. The molecule has 0 aliphatic rings. The molecule has 1 heterocycles. The van der Waals surface area contributed by atoms with Crippen LogP contribution in [0.15, 0.2) is 52.1 Å². The first kappa shape index (κ1) is 17.5. The number of amides is 1. The van der Waals surface area contributed by atoms with Crippen LogP contribution < -0.4 is 11.1 Å². The summed E-state index contributed by atoms with van der Waals surface area (Å²) in [5.41, 5.74) is -0.850. The predicted octanol–water partition coefficient (Wildman–Crippen LogP) is 1.63. The maximum atomic E-state index is 13.7. The van der Waals surface area contributed by atoms with Gasteiger partial charge in [0.05, 0.1) is 10.8 Å². The Labute approximate surface area is 146 Å². The molecular weight excluding hydrogens is 344 g/mol. The number of hydrogen-bond acceptors (Lipinski definition) is 3. The first-order chi connectivity index (χ1) is 12.4. The zero-order valence-electron chi connectivity index (χ0n) is 13.8. The van der Waals surface area contributed by atoms with Crippen molar-refractivity contribution < 1.29 is 13.6 Å². The van der Waals surface area contributed by atoms with Gasteiger partial charge in [-0.15, -0.1) is 0 Å². The number of fused-ring (bicyclic) bond motifs is 1. The first-order valence-electron chi connectivity index (χ1n) is 7.76. The lowest BCUT2D eigenvalue weighted by Gasteiger charge is -2.18.